The second-order valence-corrected chi connectivity index (χ2v) is 33.7. The molecule has 16 nitrogen and oxygen atoms in total. The summed E-state index contributed by atoms with van der Waals surface area (Å²) in [5.74, 6) is -61.6. The summed E-state index contributed by atoms with van der Waals surface area (Å²) >= 11 is 0. The van der Waals surface area contributed by atoms with Gasteiger partial charge in [0.05, 0.1) is 6.42 Å². The van der Waals surface area contributed by atoms with Crippen LogP contribution >= 0.6 is 0 Å². The Balaban J connectivity index is 0. The van der Waals surface area contributed by atoms with Crippen molar-refractivity contribution in [2.24, 2.45) is 50.7 Å². The van der Waals surface area contributed by atoms with Crippen LogP contribution in [0.3, 0.4) is 0 Å². The van der Waals surface area contributed by atoms with Gasteiger partial charge in [-0.05, 0) is 126 Å². The van der Waals surface area contributed by atoms with Crippen molar-refractivity contribution in [1.29, 1.82) is 0 Å². The fourth-order valence-electron chi connectivity index (χ4n) is 12.4. The minimum atomic E-state index is -7.07. The molecule has 850 valence electrons. The van der Waals surface area contributed by atoms with Crippen LogP contribution in [0.25, 0.3) is 0 Å². The van der Waals surface area contributed by atoms with E-state index < -0.39 is 338 Å². The molecule has 0 saturated heterocycles. The first-order valence-electron chi connectivity index (χ1n) is 38.2. The molecule has 3 aliphatic carbocycles. The first-order valence-corrected chi connectivity index (χ1v) is 38.2. The quantitative estimate of drug-likeness (QED) is 0.0384. The molecule has 0 bridgehead atoms. The Bertz CT molecular complexity index is 3880. The zero-order valence-corrected chi connectivity index (χ0v) is 72.8. The maximum Gasteiger partial charge on any atom is 0.434 e. The molecule has 0 amide bonds. The van der Waals surface area contributed by atoms with Gasteiger partial charge in [-0.25, -0.2) is 0 Å². The van der Waals surface area contributed by atoms with E-state index in [0.717, 1.165) is 20.8 Å². The van der Waals surface area contributed by atoms with Crippen molar-refractivity contribution in [3.63, 3.8) is 0 Å². The van der Waals surface area contributed by atoms with Gasteiger partial charge < -0.3 is 48.8 Å². The molecule has 143 heavy (non-hydrogen) atoms. The van der Waals surface area contributed by atoms with Crippen LogP contribution in [0.5, 0.6) is 0 Å². The Hall–Kier alpha value is -7.33. The molecule has 0 spiro atoms. The molecule has 0 radical (unpaired) electrons. The Morgan fingerprint density at radius 2 is 0.462 bits per heavy atom. The second kappa shape index (κ2) is 42.2. The van der Waals surface area contributed by atoms with E-state index in [1.54, 1.807) is 0 Å². The summed E-state index contributed by atoms with van der Waals surface area (Å²) in [7, 11) is 0. The molecule has 73 heteroatoms. The molecule has 0 aromatic carbocycles. The maximum absolute atomic E-state index is 14.1. The van der Waals surface area contributed by atoms with Crippen LogP contribution in [0.1, 0.15) is 167 Å². The third-order valence-corrected chi connectivity index (χ3v) is 22.9. The number of hydrogen-bond donors (Lipinski definition) is 4. The summed E-state index contributed by atoms with van der Waals surface area (Å²) < 4.78 is 767. The van der Waals surface area contributed by atoms with E-state index in [0.29, 0.717) is 13.8 Å². The zero-order chi connectivity index (χ0) is 116. The highest BCUT2D eigenvalue weighted by molar-refractivity contribution is 5.99. The molecule has 0 aromatic rings. The molecule has 9 atom stereocenters. The van der Waals surface area contributed by atoms with Crippen molar-refractivity contribution >= 4 is 35.8 Å². The normalized spacial score (nSPS) is 23.3. The van der Waals surface area contributed by atoms with Gasteiger partial charge in [-0.1, -0.05) is 34.6 Å². The van der Waals surface area contributed by atoms with Crippen molar-refractivity contribution in [3.05, 3.63) is 0 Å². The second-order valence-electron chi connectivity index (χ2n) is 33.7. The van der Waals surface area contributed by atoms with Gasteiger partial charge in [0, 0.05) is 23.7 Å². The first-order chi connectivity index (χ1) is 61.7. The van der Waals surface area contributed by atoms with Crippen LogP contribution in [0, 0.1) is 50.7 Å². The number of halogens is 57. The van der Waals surface area contributed by atoms with Gasteiger partial charge in [0.15, 0.2) is 27.1 Å². The Kier molecular flexibility index (Phi) is 40.7. The minimum Gasteiger partial charge on any atom is -0.462 e. The predicted octanol–water partition coefficient (Wildman–Crippen LogP) is 24.9. The van der Waals surface area contributed by atoms with Gasteiger partial charge in [-0.2, -0.15) is 250 Å². The molecule has 3 fully saturated rings. The van der Waals surface area contributed by atoms with Gasteiger partial charge in [0.1, 0.15) is 17.8 Å². The van der Waals surface area contributed by atoms with E-state index in [2.05, 4.69) is 23.7 Å². The van der Waals surface area contributed by atoms with Gasteiger partial charge in [-0.15, -0.1) is 0 Å². The topological polar surface area (TPSA) is 239 Å². The standard InChI is InChI=1S/2C18H19F15O4.C12H10F12O4.C12H10F12O2.C10H17F3O2/c2*1-3-11(2,14(19,20)21)10(34)37-9-5-7(12(35,15(22,23)24)16(25,26)27)4-8(6-9)13(36,17(28,29)30)18(31,32)33;1-3-8(2,6(25)27-4(9(13,14)15)10(16,17)18)7(26)28-5(11(19,20)21)12(22,23)24;1-3-6(2,12(22,23)24)5(25)26-8(15)4-7(13,14)9(16,17)11(20,21)10(8,18)19;1-6-9(5,10(11,12)13)7(14)15-8(2,3)4/h2*7-9,35-36H,3-6H2,1-2H3;4-5H,3H2,1-2H3;3-4H2,1-2H3;6H2,1-5H3. The average molecular weight is 2260 g/mol. The van der Waals surface area contributed by atoms with Gasteiger partial charge >= 0.3 is 164 Å². The van der Waals surface area contributed by atoms with Crippen molar-refractivity contribution in [3.8, 4) is 0 Å². The lowest BCUT2D eigenvalue weighted by Crippen LogP contribution is -2.75. The zero-order valence-electron chi connectivity index (χ0n) is 72.8. The number of carbonyl (C=O) groups excluding carboxylic acids is 6. The van der Waals surface area contributed by atoms with Crippen LogP contribution in [0.2, 0.25) is 0 Å². The summed E-state index contributed by atoms with van der Waals surface area (Å²) in [6, 6.07) is 0. The van der Waals surface area contributed by atoms with Crippen LogP contribution in [-0.4, -0.2) is 237 Å². The Morgan fingerprint density at radius 3 is 0.629 bits per heavy atom. The van der Waals surface area contributed by atoms with E-state index in [1.165, 1.54) is 27.7 Å². The third kappa shape index (κ3) is 27.9. The highest BCUT2D eigenvalue weighted by Crippen LogP contribution is 2.67. The van der Waals surface area contributed by atoms with Crippen LogP contribution in [0.15, 0.2) is 0 Å². The van der Waals surface area contributed by atoms with Crippen molar-refractivity contribution in [2.75, 3.05) is 0 Å². The molecule has 3 aliphatic rings. The number of ether oxygens (including phenoxy) is 6. The molecular formula is C70H75F57O16. The molecule has 3 rings (SSSR count). The fourth-order valence-corrected chi connectivity index (χ4v) is 12.4. The Morgan fingerprint density at radius 1 is 0.266 bits per heavy atom. The fraction of sp³-hybridized carbons (Fsp3) is 0.914. The number of alkyl halides is 57. The number of hydrogen-bond acceptors (Lipinski definition) is 16. The van der Waals surface area contributed by atoms with E-state index >= 15 is 0 Å². The van der Waals surface area contributed by atoms with Crippen molar-refractivity contribution in [2.45, 2.75) is 348 Å². The van der Waals surface area contributed by atoms with Gasteiger partial charge in [0.2, 0.25) is 0 Å². The summed E-state index contributed by atoms with van der Waals surface area (Å²) in [4.78, 5) is 70.5. The van der Waals surface area contributed by atoms with Crippen LogP contribution in [0.4, 0.5) is 250 Å². The monoisotopic (exact) mass is 2250 g/mol. The molecule has 0 aliphatic heterocycles. The minimum absolute atomic E-state index is 0.00452. The average Bonchev–Trinajstić information content (AvgIpc) is 0.661. The summed E-state index contributed by atoms with van der Waals surface area (Å²) in [5, 5.41) is 38.3. The number of aliphatic hydroxyl groups is 4. The Labute approximate surface area is 761 Å². The lowest BCUT2D eigenvalue weighted by atomic mass is 9.65. The van der Waals surface area contributed by atoms with E-state index in [4.69, 9.17) is 4.74 Å². The molecule has 4 N–H and O–H groups in total. The molecule has 0 aromatic heterocycles. The lowest BCUT2D eigenvalue weighted by molar-refractivity contribution is -0.456. The maximum atomic E-state index is 14.1. The molecule has 0 heterocycles. The largest absolute Gasteiger partial charge is 0.462 e. The van der Waals surface area contributed by atoms with Crippen molar-refractivity contribution in [1.82, 2.24) is 0 Å². The predicted molar refractivity (Wildman–Crippen MR) is 350 cm³/mol. The first kappa shape index (κ1) is 138. The number of carbonyl (C=O) groups is 6. The summed E-state index contributed by atoms with van der Waals surface area (Å²) in [6.45, 7) is 10.1. The lowest BCUT2D eigenvalue weighted by Gasteiger charge is -2.48. The van der Waals surface area contributed by atoms with Gasteiger partial charge in [-0.3, -0.25) is 28.8 Å². The van der Waals surface area contributed by atoms with Crippen LogP contribution < -0.4 is 0 Å². The van der Waals surface area contributed by atoms with Crippen molar-refractivity contribution < 1.29 is 328 Å². The van der Waals surface area contributed by atoms with E-state index in [1.807, 2.05) is 0 Å². The van der Waals surface area contributed by atoms with Gasteiger partial charge in [0.25, 0.3) is 34.6 Å². The summed E-state index contributed by atoms with van der Waals surface area (Å²) in [5.41, 5.74) is -41.4. The van der Waals surface area contributed by atoms with E-state index in [9.17, 15) is 299 Å². The SMILES string of the molecule is CCC(C)(C(=O)OC(C(F)(F)F)C(F)(F)F)C(=O)OC(C(F)(F)F)C(F)(F)F.CCC(C)(C(=O)OC(C)(C)C)C(F)(F)F.CCC(C)(C(=O)OC1(F)CC(F)(F)C(F)(F)C(F)(F)C1(F)F)C(F)(F)F.CCC(C)(C(=O)OC1CC(C(O)(C(F)(F)F)C(F)(F)F)CC(C(O)(C(F)(F)F)C(F)(F)F)C1)C(F)(F)F.CCC(C)(C(=O)OC1CC(C(O)(C(F)(F)F)C(F)(F)F)CC(C(O)(C(F)(F)F)C(F)(F)F)C1)C(F)(F)F. The molecule has 9 unspecified atom stereocenters. The van der Waals surface area contributed by atoms with Crippen LogP contribution in [-0.2, 0) is 57.2 Å². The van der Waals surface area contributed by atoms with E-state index in [-0.39, 0.29) is 34.1 Å². The summed E-state index contributed by atoms with van der Waals surface area (Å²) in [6.07, 6.45) is -137. The smallest absolute Gasteiger partial charge is 0.434 e. The number of rotatable bonds is 20. The third-order valence-electron chi connectivity index (χ3n) is 22.9. The molecule has 3 saturated carbocycles. The number of esters is 6. The highest BCUT2D eigenvalue weighted by Gasteiger charge is 2.93. The highest BCUT2D eigenvalue weighted by atomic mass is 19.5. The molecular weight excluding hydrogens is 2180 g/mol.